The van der Waals surface area contributed by atoms with Crippen molar-refractivity contribution in [2.24, 2.45) is 5.92 Å². The predicted molar refractivity (Wildman–Crippen MR) is 102 cm³/mol. The van der Waals surface area contributed by atoms with Gasteiger partial charge in [-0.05, 0) is 44.0 Å². The molecule has 0 aliphatic carbocycles. The second kappa shape index (κ2) is 10.6. The summed E-state index contributed by atoms with van der Waals surface area (Å²) in [5, 5.41) is 3.29. The standard InChI is InChI=1S/C19H29N3O2.ClH/c23-19(22-14-9-20-10-15-22)8-13-21-11-6-17(7-12-21)16-24-18-4-2-1-3-5-18;/h1-5,17,20H,6-16H2;1H. The number of hydrogen-bond acceptors (Lipinski definition) is 4. The Kier molecular flexibility index (Phi) is 8.52. The molecule has 25 heavy (non-hydrogen) atoms. The fraction of sp³-hybridized carbons (Fsp3) is 0.632. The Hall–Kier alpha value is -1.30. The lowest BCUT2D eigenvalue weighted by molar-refractivity contribution is -0.132. The van der Waals surface area contributed by atoms with Gasteiger partial charge in [0, 0.05) is 39.1 Å². The number of para-hydroxylation sites is 1. The Morgan fingerprint density at radius 1 is 1.08 bits per heavy atom. The van der Waals surface area contributed by atoms with Crippen molar-refractivity contribution < 1.29 is 9.53 Å². The molecule has 140 valence electrons. The first kappa shape index (κ1) is 20.0. The SMILES string of the molecule is Cl.O=C(CCN1CCC(COc2ccccc2)CC1)N1CCNCC1. The maximum absolute atomic E-state index is 12.2. The molecule has 0 aromatic heterocycles. The van der Waals surface area contributed by atoms with E-state index in [1.54, 1.807) is 0 Å². The van der Waals surface area contributed by atoms with Crippen LogP contribution in [0.15, 0.2) is 30.3 Å². The van der Waals surface area contributed by atoms with Gasteiger partial charge < -0.3 is 19.9 Å². The van der Waals surface area contributed by atoms with Crippen LogP contribution in [0.3, 0.4) is 0 Å². The Morgan fingerprint density at radius 2 is 1.76 bits per heavy atom. The molecule has 6 heteroatoms. The highest BCUT2D eigenvalue weighted by Crippen LogP contribution is 2.19. The van der Waals surface area contributed by atoms with Crippen LogP contribution in [0.1, 0.15) is 19.3 Å². The van der Waals surface area contributed by atoms with Gasteiger partial charge in [-0.1, -0.05) is 18.2 Å². The maximum Gasteiger partial charge on any atom is 0.223 e. The summed E-state index contributed by atoms with van der Waals surface area (Å²) in [7, 11) is 0. The Morgan fingerprint density at radius 3 is 2.44 bits per heavy atom. The summed E-state index contributed by atoms with van der Waals surface area (Å²) in [6.45, 7) is 7.44. The van der Waals surface area contributed by atoms with Crippen LogP contribution in [0.4, 0.5) is 0 Å². The van der Waals surface area contributed by atoms with E-state index in [4.69, 9.17) is 4.74 Å². The molecule has 2 aliphatic heterocycles. The first-order chi connectivity index (χ1) is 11.8. The Balaban J connectivity index is 0.00000225. The summed E-state index contributed by atoms with van der Waals surface area (Å²) in [4.78, 5) is 16.6. The number of hydrogen-bond donors (Lipinski definition) is 1. The van der Waals surface area contributed by atoms with Crippen LogP contribution in [0.25, 0.3) is 0 Å². The van der Waals surface area contributed by atoms with Crippen LogP contribution in [0, 0.1) is 5.92 Å². The van der Waals surface area contributed by atoms with Gasteiger partial charge in [0.1, 0.15) is 5.75 Å². The van der Waals surface area contributed by atoms with Crippen LogP contribution in [0.2, 0.25) is 0 Å². The van der Waals surface area contributed by atoms with Gasteiger partial charge in [-0.15, -0.1) is 12.4 Å². The number of rotatable bonds is 6. The Bertz CT molecular complexity index is 501. The average molecular weight is 368 g/mol. The van der Waals surface area contributed by atoms with E-state index in [1.165, 1.54) is 0 Å². The average Bonchev–Trinajstić information content (AvgIpc) is 2.67. The summed E-state index contributed by atoms with van der Waals surface area (Å²) in [6, 6.07) is 10.0. The molecule has 0 radical (unpaired) electrons. The molecule has 2 aliphatic rings. The van der Waals surface area contributed by atoms with Gasteiger partial charge in [0.05, 0.1) is 6.61 Å². The molecule has 5 nitrogen and oxygen atoms in total. The van der Waals surface area contributed by atoms with Crippen LogP contribution in [0.5, 0.6) is 5.75 Å². The molecule has 2 fully saturated rings. The molecular formula is C19H30ClN3O2. The lowest BCUT2D eigenvalue weighted by Gasteiger charge is -2.33. The first-order valence-corrected chi connectivity index (χ1v) is 9.20. The van der Waals surface area contributed by atoms with Crippen molar-refractivity contribution in [3.8, 4) is 5.75 Å². The fourth-order valence-corrected chi connectivity index (χ4v) is 3.43. The molecule has 0 atom stereocenters. The maximum atomic E-state index is 12.2. The lowest BCUT2D eigenvalue weighted by Crippen LogP contribution is -2.47. The number of piperidine rings is 1. The van der Waals surface area contributed by atoms with Crippen molar-refractivity contribution in [3.05, 3.63) is 30.3 Å². The van der Waals surface area contributed by atoms with Crippen molar-refractivity contribution in [1.82, 2.24) is 15.1 Å². The highest BCUT2D eigenvalue weighted by molar-refractivity contribution is 5.85. The smallest absolute Gasteiger partial charge is 0.223 e. The van der Waals surface area contributed by atoms with Crippen molar-refractivity contribution >= 4 is 18.3 Å². The number of nitrogens with zero attached hydrogens (tertiary/aromatic N) is 2. The molecule has 0 unspecified atom stereocenters. The third-order valence-electron chi connectivity index (χ3n) is 5.05. The molecule has 2 saturated heterocycles. The molecule has 0 saturated carbocycles. The summed E-state index contributed by atoms with van der Waals surface area (Å²) in [5.74, 6) is 1.90. The fourth-order valence-electron chi connectivity index (χ4n) is 3.43. The minimum absolute atomic E-state index is 0. The molecule has 0 spiro atoms. The number of nitrogens with one attached hydrogen (secondary N) is 1. The number of benzene rings is 1. The van der Waals surface area contributed by atoms with E-state index in [-0.39, 0.29) is 12.4 Å². The summed E-state index contributed by atoms with van der Waals surface area (Å²) >= 11 is 0. The largest absolute Gasteiger partial charge is 0.493 e. The van der Waals surface area contributed by atoms with Crippen molar-refractivity contribution in [2.75, 3.05) is 52.4 Å². The van der Waals surface area contributed by atoms with Crippen LogP contribution >= 0.6 is 12.4 Å². The van der Waals surface area contributed by atoms with Crippen molar-refractivity contribution in [2.45, 2.75) is 19.3 Å². The first-order valence-electron chi connectivity index (χ1n) is 9.20. The third kappa shape index (κ3) is 6.49. The minimum Gasteiger partial charge on any atom is -0.493 e. The van der Waals surface area contributed by atoms with E-state index in [0.29, 0.717) is 18.2 Å². The highest BCUT2D eigenvalue weighted by atomic mass is 35.5. The predicted octanol–water partition coefficient (Wildman–Crippen LogP) is 2.02. The van der Waals surface area contributed by atoms with E-state index in [0.717, 1.165) is 71.0 Å². The second-order valence-electron chi connectivity index (χ2n) is 6.79. The number of carbonyl (C=O) groups is 1. The second-order valence-corrected chi connectivity index (χ2v) is 6.79. The van der Waals surface area contributed by atoms with Crippen LogP contribution in [-0.4, -0.2) is 68.1 Å². The lowest BCUT2D eigenvalue weighted by atomic mass is 9.97. The van der Waals surface area contributed by atoms with Crippen molar-refractivity contribution in [3.63, 3.8) is 0 Å². The monoisotopic (exact) mass is 367 g/mol. The van der Waals surface area contributed by atoms with Gasteiger partial charge in [-0.2, -0.15) is 0 Å². The van der Waals surface area contributed by atoms with Gasteiger partial charge in [0.15, 0.2) is 0 Å². The number of halogens is 1. The molecule has 1 aromatic rings. The molecule has 3 rings (SSSR count). The molecule has 1 N–H and O–H groups in total. The van der Waals surface area contributed by atoms with E-state index in [2.05, 4.69) is 10.2 Å². The summed E-state index contributed by atoms with van der Waals surface area (Å²) < 4.78 is 5.87. The van der Waals surface area contributed by atoms with Gasteiger partial charge in [0.25, 0.3) is 0 Å². The third-order valence-corrected chi connectivity index (χ3v) is 5.05. The number of amides is 1. The molecule has 0 bridgehead atoms. The zero-order valence-electron chi connectivity index (χ0n) is 14.9. The molecule has 1 aromatic carbocycles. The number of carbonyl (C=O) groups excluding carboxylic acids is 1. The van der Waals surface area contributed by atoms with Gasteiger partial charge >= 0.3 is 0 Å². The van der Waals surface area contributed by atoms with Gasteiger partial charge in [0.2, 0.25) is 5.91 Å². The Labute approximate surface area is 157 Å². The quantitative estimate of drug-likeness (QED) is 0.835. The van der Waals surface area contributed by atoms with Gasteiger partial charge in [-0.3, -0.25) is 4.79 Å². The van der Waals surface area contributed by atoms with Crippen LogP contribution < -0.4 is 10.1 Å². The number of ether oxygens (including phenoxy) is 1. The molecular weight excluding hydrogens is 338 g/mol. The number of piperazine rings is 1. The normalized spacial score (nSPS) is 19.3. The topological polar surface area (TPSA) is 44.8 Å². The van der Waals surface area contributed by atoms with Crippen LogP contribution in [-0.2, 0) is 4.79 Å². The molecule has 2 heterocycles. The highest BCUT2D eigenvalue weighted by Gasteiger charge is 2.22. The van der Waals surface area contributed by atoms with E-state index in [1.807, 2.05) is 35.2 Å². The van der Waals surface area contributed by atoms with E-state index < -0.39 is 0 Å². The van der Waals surface area contributed by atoms with Crippen molar-refractivity contribution in [1.29, 1.82) is 0 Å². The number of likely N-dealkylation sites (tertiary alicyclic amines) is 1. The van der Waals surface area contributed by atoms with Gasteiger partial charge in [-0.25, -0.2) is 0 Å². The molecule has 1 amide bonds. The zero-order valence-corrected chi connectivity index (χ0v) is 15.7. The van der Waals surface area contributed by atoms with E-state index in [9.17, 15) is 4.79 Å². The zero-order chi connectivity index (χ0) is 16.6. The summed E-state index contributed by atoms with van der Waals surface area (Å²) in [6.07, 6.45) is 2.98. The minimum atomic E-state index is 0. The summed E-state index contributed by atoms with van der Waals surface area (Å²) in [5.41, 5.74) is 0. The van der Waals surface area contributed by atoms with E-state index >= 15 is 0 Å².